The van der Waals surface area contributed by atoms with Gasteiger partial charge in [-0.25, -0.2) is 0 Å². The number of methoxy groups -OCH3 is 1. The van der Waals surface area contributed by atoms with Crippen LogP contribution in [0.25, 0.3) is 0 Å². The Hall–Kier alpha value is -3.02. The van der Waals surface area contributed by atoms with E-state index in [0.717, 1.165) is 5.56 Å². The third-order valence-electron chi connectivity index (χ3n) is 4.19. The van der Waals surface area contributed by atoms with Crippen LogP contribution in [0, 0.1) is 0 Å². The van der Waals surface area contributed by atoms with Crippen molar-refractivity contribution < 1.29 is 14.3 Å². The van der Waals surface area contributed by atoms with Gasteiger partial charge in [-0.3, -0.25) is 9.59 Å². The zero-order chi connectivity index (χ0) is 20.8. The van der Waals surface area contributed by atoms with Crippen molar-refractivity contribution >= 4 is 40.7 Å². The Morgan fingerprint density at radius 3 is 2.45 bits per heavy atom. The lowest BCUT2D eigenvalue weighted by Crippen LogP contribution is -2.24. The van der Waals surface area contributed by atoms with E-state index in [1.54, 1.807) is 43.5 Å². The van der Waals surface area contributed by atoms with Crippen LogP contribution < -0.4 is 15.4 Å². The van der Waals surface area contributed by atoms with E-state index in [1.165, 1.54) is 6.07 Å². The van der Waals surface area contributed by atoms with Crippen molar-refractivity contribution in [3.8, 4) is 5.75 Å². The normalized spacial score (nSPS) is 10.3. The van der Waals surface area contributed by atoms with Crippen LogP contribution in [-0.2, 0) is 6.54 Å². The van der Waals surface area contributed by atoms with Gasteiger partial charge < -0.3 is 15.4 Å². The number of anilines is 1. The number of amides is 2. The second-order valence-electron chi connectivity index (χ2n) is 6.16. The van der Waals surface area contributed by atoms with Gasteiger partial charge in [-0.05, 0) is 48.0 Å². The van der Waals surface area contributed by atoms with Crippen molar-refractivity contribution in [3.63, 3.8) is 0 Å². The number of ether oxygens (including phenoxy) is 1. The lowest BCUT2D eigenvalue weighted by molar-refractivity contribution is 0.0951. The lowest BCUT2D eigenvalue weighted by Gasteiger charge is -2.12. The first-order chi connectivity index (χ1) is 14.0. The number of benzene rings is 3. The fourth-order valence-electron chi connectivity index (χ4n) is 2.68. The zero-order valence-corrected chi connectivity index (χ0v) is 17.1. The Balaban J connectivity index is 1.72. The minimum Gasteiger partial charge on any atom is -0.497 e. The fraction of sp³-hybridized carbons (Fsp3) is 0.0909. The summed E-state index contributed by atoms with van der Waals surface area (Å²) in [7, 11) is 1.59. The van der Waals surface area contributed by atoms with E-state index < -0.39 is 5.91 Å². The molecule has 3 aromatic rings. The highest BCUT2D eigenvalue weighted by Crippen LogP contribution is 2.24. The Kier molecular flexibility index (Phi) is 6.75. The minimum atomic E-state index is -0.392. The van der Waals surface area contributed by atoms with Gasteiger partial charge in [-0.2, -0.15) is 0 Å². The standard InChI is InChI=1S/C22H18Cl2N2O3/c1-29-16-6-4-5-14(11-16)13-25-22(28)17-7-2-3-8-20(17)26-21(27)15-9-10-18(23)19(24)12-15/h2-12H,13H2,1H3,(H,25,28)(H,26,27). The van der Waals surface area contributed by atoms with Crippen LogP contribution in [0.3, 0.4) is 0 Å². The van der Waals surface area contributed by atoms with E-state index >= 15 is 0 Å². The largest absolute Gasteiger partial charge is 0.497 e. The fourth-order valence-corrected chi connectivity index (χ4v) is 2.98. The molecule has 0 unspecified atom stereocenters. The summed E-state index contributed by atoms with van der Waals surface area (Å²) in [6.45, 7) is 0.325. The molecule has 0 atom stereocenters. The van der Waals surface area contributed by atoms with Crippen molar-refractivity contribution in [2.75, 3.05) is 12.4 Å². The molecule has 2 N–H and O–H groups in total. The molecule has 0 saturated carbocycles. The first-order valence-corrected chi connectivity index (χ1v) is 9.50. The van der Waals surface area contributed by atoms with E-state index in [2.05, 4.69) is 10.6 Å². The van der Waals surface area contributed by atoms with Gasteiger partial charge in [0.25, 0.3) is 11.8 Å². The monoisotopic (exact) mass is 428 g/mol. The van der Waals surface area contributed by atoms with E-state index in [4.69, 9.17) is 27.9 Å². The van der Waals surface area contributed by atoms with Gasteiger partial charge in [0.2, 0.25) is 0 Å². The van der Waals surface area contributed by atoms with Gasteiger partial charge in [-0.15, -0.1) is 0 Å². The maximum absolute atomic E-state index is 12.7. The van der Waals surface area contributed by atoms with Gasteiger partial charge in [0, 0.05) is 12.1 Å². The van der Waals surface area contributed by atoms with Crippen LogP contribution in [0.5, 0.6) is 5.75 Å². The molecule has 0 aliphatic rings. The van der Waals surface area contributed by atoms with Crippen molar-refractivity contribution in [1.29, 1.82) is 0 Å². The summed E-state index contributed by atoms with van der Waals surface area (Å²) in [5.74, 6) is 0.0144. The molecule has 3 aromatic carbocycles. The molecule has 0 fully saturated rings. The molecule has 7 heteroatoms. The maximum atomic E-state index is 12.7. The molecular formula is C22H18Cl2N2O3. The highest BCUT2D eigenvalue weighted by molar-refractivity contribution is 6.42. The van der Waals surface area contributed by atoms with Crippen LogP contribution in [-0.4, -0.2) is 18.9 Å². The highest BCUT2D eigenvalue weighted by atomic mass is 35.5. The van der Waals surface area contributed by atoms with Crippen molar-refractivity contribution in [2.24, 2.45) is 0 Å². The van der Waals surface area contributed by atoms with Crippen LogP contribution >= 0.6 is 23.2 Å². The summed E-state index contributed by atoms with van der Waals surface area (Å²) in [5, 5.41) is 6.24. The van der Waals surface area contributed by atoms with Crippen LogP contribution in [0.15, 0.2) is 66.7 Å². The number of rotatable bonds is 6. The quantitative estimate of drug-likeness (QED) is 0.567. The van der Waals surface area contributed by atoms with Gasteiger partial charge in [0.15, 0.2) is 0 Å². The number of halogens is 2. The Bertz CT molecular complexity index is 1050. The van der Waals surface area contributed by atoms with Crippen molar-refractivity contribution in [1.82, 2.24) is 5.32 Å². The number of carbonyl (C=O) groups excluding carboxylic acids is 2. The highest BCUT2D eigenvalue weighted by Gasteiger charge is 2.15. The summed E-state index contributed by atoms with van der Waals surface area (Å²) < 4.78 is 5.19. The van der Waals surface area contributed by atoms with E-state index in [0.29, 0.717) is 34.1 Å². The molecule has 0 radical (unpaired) electrons. The molecule has 2 amide bonds. The molecule has 3 rings (SSSR count). The van der Waals surface area contributed by atoms with E-state index in [-0.39, 0.29) is 10.9 Å². The first-order valence-electron chi connectivity index (χ1n) is 8.74. The molecule has 0 aliphatic carbocycles. The third-order valence-corrected chi connectivity index (χ3v) is 4.93. The summed E-state index contributed by atoms with van der Waals surface area (Å²) in [4.78, 5) is 25.2. The Labute approximate surface area is 178 Å². The molecule has 0 aliphatic heterocycles. The molecule has 5 nitrogen and oxygen atoms in total. The Morgan fingerprint density at radius 1 is 0.897 bits per heavy atom. The zero-order valence-electron chi connectivity index (χ0n) is 15.5. The predicted octanol–water partition coefficient (Wildman–Crippen LogP) is 5.18. The molecule has 29 heavy (non-hydrogen) atoms. The smallest absolute Gasteiger partial charge is 0.255 e. The van der Waals surface area contributed by atoms with Gasteiger partial charge in [0.1, 0.15) is 5.75 Å². The maximum Gasteiger partial charge on any atom is 0.255 e. The second kappa shape index (κ2) is 9.45. The van der Waals surface area contributed by atoms with Gasteiger partial charge in [0.05, 0.1) is 28.4 Å². The summed E-state index contributed by atoms with van der Waals surface area (Å²) in [6, 6.07) is 18.8. The molecule has 0 aromatic heterocycles. The van der Waals surface area contributed by atoms with Crippen molar-refractivity contribution in [2.45, 2.75) is 6.54 Å². The van der Waals surface area contributed by atoms with E-state index in [1.807, 2.05) is 24.3 Å². The molecule has 0 heterocycles. The molecule has 0 saturated heterocycles. The number of hydrogen-bond acceptors (Lipinski definition) is 3. The predicted molar refractivity (Wildman–Crippen MR) is 115 cm³/mol. The Morgan fingerprint density at radius 2 is 1.69 bits per heavy atom. The molecule has 148 valence electrons. The molecule has 0 spiro atoms. The number of nitrogens with one attached hydrogen (secondary N) is 2. The third kappa shape index (κ3) is 5.28. The average molecular weight is 429 g/mol. The van der Waals surface area contributed by atoms with E-state index in [9.17, 15) is 9.59 Å². The topological polar surface area (TPSA) is 67.4 Å². The first kappa shape index (κ1) is 20.7. The number of carbonyl (C=O) groups is 2. The van der Waals surface area contributed by atoms with Crippen LogP contribution in [0.4, 0.5) is 5.69 Å². The second-order valence-corrected chi connectivity index (χ2v) is 6.98. The SMILES string of the molecule is COc1cccc(CNC(=O)c2ccccc2NC(=O)c2ccc(Cl)c(Cl)c2)c1. The summed E-state index contributed by atoms with van der Waals surface area (Å²) >= 11 is 11.9. The van der Waals surface area contributed by atoms with Gasteiger partial charge in [-0.1, -0.05) is 47.5 Å². The average Bonchev–Trinajstić information content (AvgIpc) is 2.74. The summed E-state index contributed by atoms with van der Waals surface area (Å²) in [5.41, 5.74) is 1.98. The van der Waals surface area contributed by atoms with Crippen molar-refractivity contribution in [3.05, 3.63) is 93.5 Å². The van der Waals surface area contributed by atoms with Crippen LogP contribution in [0.2, 0.25) is 10.0 Å². The summed E-state index contributed by atoms with van der Waals surface area (Å²) in [6.07, 6.45) is 0. The van der Waals surface area contributed by atoms with Gasteiger partial charge >= 0.3 is 0 Å². The molecule has 0 bridgehead atoms. The minimum absolute atomic E-state index is 0.281. The number of para-hydroxylation sites is 1. The lowest BCUT2D eigenvalue weighted by atomic mass is 10.1. The van der Waals surface area contributed by atoms with Crippen LogP contribution in [0.1, 0.15) is 26.3 Å². The molecular weight excluding hydrogens is 411 g/mol. The number of hydrogen-bond donors (Lipinski definition) is 2.